The average molecular weight is 209 g/mol. The molecular weight excluding hydrogens is 202 g/mol. The molecule has 0 N–H and O–H groups in total. The number of pyridine rings is 1. The third-order valence-electron chi connectivity index (χ3n) is 1.37. The molecule has 0 radical (unpaired) electrons. The molecule has 0 saturated heterocycles. The summed E-state index contributed by atoms with van der Waals surface area (Å²) in [6.07, 6.45) is -4.22. The zero-order chi connectivity index (χ0) is 10.6. The van der Waals surface area contributed by atoms with Crippen molar-refractivity contribution in [2.45, 2.75) is 12.6 Å². The molecule has 0 fully saturated rings. The molecule has 2 nitrogen and oxygen atoms in total. The van der Waals surface area contributed by atoms with Gasteiger partial charge in [0.15, 0.2) is 5.75 Å². The summed E-state index contributed by atoms with van der Waals surface area (Å²) in [4.78, 5) is 3.22. The zero-order valence-electron chi connectivity index (χ0n) is 7.01. The number of rotatable bonds is 3. The molecule has 1 aromatic heterocycles. The van der Waals surface area contributed by atoms with E-state index in [0.29, 0.717) is 0 Å². The minimum Gasteiger partial charge on any atom is -0.488 e. The highest BCUT2D eigenvalue weighted by atomic mass is 19.4. The second-order valence-corrected chi connectivity index (χ2v) is 2.51. The van der Waals surface area contributed by atoms with Gasteiger partial charge < -0.3 is 4.74 Å². The van der Waals surface area contributed by atoms with Crippen LogP contribution in [0.5, 0.6) is 5.75 Å². The van der Waals surface area contributed by atoms with Gasteiger partial charge in [-0.25, -0.2) is 4.98 Å². The fourth-order valence-electron chi connectivity index (χ4n) is 0.756. The number of ether oxygens (including phenoxy) is 1. The summed E-state index contributed by atoms with van der Waals surface area (Å²) in [5.41, 5.74) is 0. The second kappa shape index (κ2) is 4.26. The van der Waals surface area contributed by atoms with Gasteiger partial charge in [0.25, 0.3) is 5.95 Å². The van der Waals surface area contributed by atoms with Crippen molar-refractivity contribution in [3.05, 3.63) is 24.3 Å². The molecule has 0 aliphatic heterocycles. The van der Waals surface area contributed by atoms with Crippen molar-refractivity contribution < 1.29 is 22.3 Å². The summed E-state index contributed by atoms with van der Waals surface area (Å²) >= 11 is 0. The van der Waals surface area contributed by atoms with Gasteiger partial charge in [-0.3, -0.25) is 0 Å². The number of alkyl halides is 3. The van der Waals surface area contributed by atoms with Crippen LogP contribution in [-0.4, -0.2) is 17.8 Å². The lowest BCUT2D eigenvalue weighted by molar-refractivity contribution is -0.139. The summed E-state index contributed by atoms with van der Waals surface area (Å²) in [5.74, 6) is -1.17. The Morgan fingerprint density at radius 2 is 2.07 bits per heavy atom. The van der Waals surface area contributed by atoms with Crippen molar-refractivity contribution in [3.63, 3.8) is 0 Å². The molecule has 14 heavy (non-hydrogen) atoms. The van der Waals surface area contributed by atoms with Crippen LogP contribution in [0.4, 0.5) is 17.6 Å². The van der Waals surface area contributed by atoms with Crippen LogP contribution in [0.1, 0.15) is 6.42 Å². The largest absolute Gasteiger partial charge is 0.488 e. The van der Waals surface area contributed by atoms with E-state index < -0.39 is 25.2 Å². The first-order valence-corrected chi connectivity index (χ1v) is 3.79. The molecule has 0 bridgehead atoms. The number of nitrogens with zero attached hydrogens (tertiary/aromatic N) is 1. The highest BCUT2D eigenvalue weighted by Crippen LogP contribution is 2.20. The molecule has 78 valence electrons. The van der Waals surface area contributed by atoms with Gasteiger partial charge in [0.1, 0.15) is 0 Å². The maximum Gasteiger partial charge on any atom is 0.392 e. The maximum atomic E-state index is 12.7. The van der Waals surface area contributed by atoms with E-state index in [1.807, 2.05) is 0 Å². The Morgan fingerprint density at radius 3 is 2.64 bits per heavy atom. The Hall–Kier alpha value is -1.33. The van der Waals surface area contributed by atoms with Gasteiger partial charge in [-0.2, -0.15) is 17.6 Å². The van der Waals surface area contributed by atoms with E-state index in [9.17, 15) is 17.6 Å². The molecule has 0 spiro atoms. The van der Waals surface area contributed by atoms with Crippen molar-refractivity contribution in [1.82, 2.24) is 4.98 Å². The average Bonchev–Trinajstić information content (AvgIpc) is 2.06. The molecule has 0 atom stereocenters. The second-order valence-electron chi connectivity index (χ2n) is 2.51. The predicted molar refractivity (Wildman–Crippen MR) is 40.4 cm³/mol. The molecule has 1 heterocycles. The van der Waals surface area contributed by atoms with Crippen molar-refractivity contribution in [3.8, 4) is 5.75 Å². The first-order chi connectivity index (χ1) is 6.49. The van der Waals surface area contributed by atoms with E-state index in [1.54, 1.807) is 0 Å². The van der Waals surface area contributed by atoms with Gasteiger partial charge in [0.2, 0.25) is 0 Å². The van der Waals surface area contributed by atoms with Gasteiger partial charge in [-0.15, -0.1) is 0 Å². The molecule has 0 amide bonds. The Morgan fingerprint density at radius 1 is 1.36 bits per heavy atom. The SMILES string of the molecule is Fc1ncccc1OCCC(F)(F)F. The molecular formula is C8H7F4NO. The first-order valence-electron chi connectivity index (χ1n) is 3.79. The lowest BCUT2D eigenvalue weighted by atomic mass is 10.4. The molecule has 0 aliphatic rings. The topological polar surface area (TPSA) is 22.1 Å². The Bertz CT molecular complexity index is 300. The van der Waals surface area contributed by atoms with Crippen LogP contribution >= 0.6 is 0 Å². The van der Waals surface area contributed by atoms with Crippen LogP contribution in [-0.2, 0) is 0 Å². The van der Waals surface area contributed by atoms with Crippen molar-refractivity contribution >= 4 is 0 Å². The van der Waals surface area contributed by atoms with E-state index in [4.69, 9.17) is 0 Å². The third-order valence-corrected chi connectivity index (χ3v) is 1.37. The Balaban J connectivity index is 2.43. The zero-order valence-corrected chi connectivity index (χ0v) is 7.01. The van der Waals surface area contributed by atoms with Crippen LogP contribution in [0.2, 0.25) is 0 Å². The molecule has 1 rings (SSSR count). The van der Waals surface area contributed by atoms with Crippen LogP contribution in [0.3, 0.4) is 0 Å². The van der Waals surface area contributed by atoms with Gasteiger partial charge in [-0.1, -0.05) is 0 Å². The highest BCUT2D eigenvalue weighted by molar-refractivity contribution is 5.17. The molecule has 1 aromatic rings. The fourth-order valence-corrected chi connectivity index (χ4v) is 0.756. The van der Waals surface area contributed by atoms with Crippen LogP contribution in [0.15, 0.2) is 18.3 Å². The lowest BCUT2D eigenvalue weighted by Crippen LogP contribution is -2.13. The normalized spacial score (nSPS) is 11.4. The first kappa shape index (κ1) is 10.7. The summed E-state index contributed by atoms with van der Waals surface area (Å²) in [7, 11) is 0. The summed E-state index contributed by atoms with van der Waals surface area (Å²) in [6, 6.07) is 2.60. The molecule has 0 aromatic carbocycles. The van der Waals surface area contributed by atoms with Gasteiger partial charge in [0.05, 0.1) is 13.0 Å². The van der Waals surface area contributed by atoms with Gasteiger partial charge in [-0.05, 0) is 12.1 Å². The quantitative estimate of drug-likeness (QED) is 0.563. The van der Waals surface area contributed by atoms with Crippen molar-refractivity contribution in [2.75, 3.05) is 6.61 Å². The smallest absolute Gasteiger partial charge is 0.392 e. The monoisotopic (exact) mass is 209 g/mol. The van der Waals surface area contributed by atoms with E-state index >= 15 is 0 Å². The van der Waals surface area contributed by atoms with E-state index in [-0.39, 0.29) is 5.75 Å². The number of halogens is 4. The van der Waals surface area contributed by atoms with Crippen LogP contribution < -0.4 is 4.74 Å². The summed E-state index contributed by atoms with van der Waals surface area (Å²) in [5, 5.41) is 0. The van der Waals surface area contributed by atoms with Gasteiger partial charge in [0, 0.05) is 6.20 Å². The lowest BCUT2D eigenvalue weighted by Gasteiger charge is -2.08. The summed E-state index contributed by atoms with van der Waals surface area (Å²) < 4.78 is 52.3. The van der Waals surface area contributed by atoms with E-state index in [2.05, 4.69) is 9.72 Å². The van der Waals surface area contributed by atoms with Gasteiger partial charge >= 0.3 is 6.18 Å². The predicted octanol–water partition coefficient (Wildman–Crippen LogP) is 2.55. The molecule has 6 heteroatoms. The third kappa shape index (κ3) is 3.59. The molecule has 0 aliphatic carbocycles. The summed E-state index contributed by atoms with van der Waals surface area (Å²) in [6.45, 7) is -0.605. The Labute approximate surface area is 77.5 Å². The van der Waals surface area contributed by atoms with Crippen molar-refractivity contribution in [2.24, 2.45) is 0 Å². The number of hydrogen-bond acceptors (Lipinski definition) is 2. The highest BCUT2D eigenvalue weighted by Gasteiger charge is 2.27. The fraction of sp³-hybridized carbons (Fsp3) is 0.375. The maximum absolute atomic E-state index is 12.7. The van der Waals surface area contributed by atoms with Crippen LogP contribution in [0, 0.1) is 5.95 Å². The minimum atomic E-state index is -4.29. The van der Waals surface area contributed by atoms with E-state index in [1.165, 1.54) is 18.3 Å². The van der Waals surface area contributed by atoms with Crippen molar-refractivity contribution in [1.29, 1.82) is 0 Å². The number of aromatic nitrogens is 1. The molecule has 0 saturated carbocycles. The number of hydrogen-bond donors (Lipinski definition) is 0. The Kier molecular flexibility index (Phi) is 3.27. The van der Waals surface area contributed by atoms with E-state index in [0.717, 1.165) is 0 Å². The standard InChI is InChI=1S/C8H7F4NO/c9-7-6(2-1-4-13-7)14-5-3-8(10,11)12/h1-2,4H,3,5H2. The molecule has 0 unspecified atom stereocenters. The van der Waals surface area contributed by atoms with Crippen LogP contribution in [0.25, 0.3) is 0 Å². The minimum absolute atomic E-state index is 0.267.